The fourth-order valence-electron chi connectivity index (χ4n) is 6.45. The molecule has 0 spiro atoms. The minimum Gasteiger partial charge on any atom is -0.388 e. The molecule has 2 aromatic carbocycles. The first-order chi connectivity index (χ1) is 27.2. The Morgan fingerprint density at radius 2 is 1.04 bits per heavy atom. The van der Waals surface area contributed by atoms with Crippen LogP contribution in [0.1, 0.15) is 22.8 Å². The Morgan fingerprint density at radius 3 is 1.46 bits per heavy atom. The van der Waals surface area contributed by atoms with Gasteiger partial charge in [0.2, 0.25) is 0 Å². The Morgan fingerprint density at radius 1 is 0.614 bits per heavy atom. The van der Waals surface area contributed by atoms with Crippen molar-refractivity contribution in [3.8, 4) is 45.0 Å². The lowest BCUT2D eigenvalue weighted by atomic mass is 10.0. The van der Waals surface area contributed by atoms with Crippen molar-refractivity contribution in [3.63, 3.8) is 0 Å². The van der Waals surface area contributed by atoms with Crippen LogP contribution in [-0.4, -0.2) is 77.9 Å². The molecule has 0 fully saturated rings. The van der Waals surface area contributed by atoms with Crippen molar-refractivity contribution in [2.45, 2.75) is 25.9 Å². The molecule has 0 saturated heterocycles. The van der Waals surface area contributed by atoms with Crippen molar-refractivity contribution in [1.82, 2.24) is 58.7 Å². The van der Waals surface area contributed by atoms with E-state index in [1.807, 2.05) is 6.92 Å². The predicted molar refractivity (Wildman–Crippen MR) is 197 cm³/mol. The lowest BCUT2D eigenvalue weighted by Crippen LogP contribution is -2.04. The summed E-state index contributed by atoms with van der Waals surface area (Å²) in [6.07, 6.45) is -2.82. The van der Waals surface area contributed by atoms with Crippen molar-refractivity contribution in [3.05, 3.63) is 96.4 Å². The highest BCUT2D eigenvalue weighted by molar-refractivity contribution is 5.93. The number of imidazole rings is 2. The van der Waals surface area contributed by atoms with E-state index in [0.717, 1.165) is 24.3 Å². The minimum atomic E-state index is -4.41. The van der Waals surface area contributed by atoms with Crippen LogP contribution in [0.25, 0.3) is 56.1 Å². The van der Waals surface area contributed by atoms with Gasteiger partial charge in [-0.15, -0.1) is 0 Å². The lowest BCUT2D eigenvalue weighted by Gasteiger charge is -2.10. The summed E-state index contributed by atoms with van der Waals surface area (Å²) in [5.41, 5.74) is 4.46. The largest absolute Gasteiger partial charge is 0.416 e. The molecule has 8 rings (SSSR count). The third-order valence-electron chi connectivity index (χ3n) is 9.07. The molecule has 0 saturated carbocycles. The Hall–Kier alpha value is -6.90. The maximum Gasteiger partial charge on any atom is 0.416 e. The number of fused-ring (bicyclic) bond motifs is 2. The number of rotatable bonds is 7. The number of halogens is 6. The van der Waals surface area contributed by atoms with E-state index in [1.165, 1.54) is 41.4 Å². The molecule has 0 aliphatic rings. The number of hydrogen-bond donors (Lipinski definition) is 3. The SMILES string of the molecule is CNc1ncnn2c(C)nc(-c3cnn(C)c3-c3ccc(C(F)(F)F)cc3)c12.CNc1ncnn2c(CO)nc(-c3cnn(C)c3-c3ccc(C(F)(F)F)cc3)c12. The summed E-state index contributed by atoms with van der Waals surface area (Å²) in [6.45, 7) is 1.47. The summed E-state index contributed by atoms with van der Waals surface area (Å²) < 4.78 is 83.7. The zero-order valence-electron chi connectivity index (χ0n) is 30.7. The molecule has 15 nitrogen and oxygen atoms in total. The molecule has 0 radical (unpaired) electrons. The highest BCUT2D eigenvalue weighted by Gasteiger charge is 2.32. The van der Waals surface area contributed by atoms with Crippen molar-refractivity contribution >= 4 is 22.7 Å². The zero-order valence-corrected chi connectivity index (χ0v) is 30.7. The maximum absolute atomic E-state index is 12.9. The lowest BCUT2D eigenvalue weighted by molar-refractivity contribution is -0.138. The Kier molecular flexibility index (Phi) is 9.85. The van der Waals surface area contributed by atoms with Crippen LogP contribution in [0.5, 0.6) is 0 Å². The number of aromatic nitrogens is 12. The summed E-state index contributed by atoms with van der Waals surface area (Å²) >= 11 is 0. The van der Waals surface area contributed by atoms with Crippen LogP contribution in [0.3, 0.4) is 0 Å². The number of aliphatic hydroxyl groups is 1. The van der Waals surface area contributed by atoms with Gasteiger partial charge in [0.25, 0.3) is 0 Å². The van der Waals surface area contributed by atoms with Gasteiger partial charge in [-0.05, 0) is 31.2 Å². The fourth-order valence-corrected chi connectivity index (χ4v) is 6.45. The number of nitrogens with one attached hydrogen (secondary N) is 2. The van der Waals surface area contributed by atoms with Crippen LogP contribution >= 0.6 is 0 Å². The summed E-state index contributed by atoms with van der Waals surface area (Å²) in [5, 5.41) is 32.6. The van der Waals surface area contributed by atoms with Crippen molar-refractivity contribution < 1.29 is 31.4 Å². The number of alkyl halides is 6. The molecule has 0 bridgehead atoms. The van der Waals surface area contributed by atoms with Gasteiger partial charge in [0, 0.05) is 50.4 Å². The molecule has 0 amide bonds. The van der Waals surface area contributed by atoms with Gasteiger partial charge < -0.3 is 15.7 Å². The molecule has 57 heavy (non-hydrogen) atoms. The molecule has 0 unspecified atom stereocenters. The van der Waals surface area contributed by atoms with E-state index in [9.17, 15) is 31.4 Å². The van der Waals surface area contributed by atoms with Gasteiger partial charge in [0.15, 0.2) is 17.5 Å². The monoisotopic (exact) mass is 790 g/mol. The van der Waals surface area contributed by atoms with Crippen molar-refractivity contribution in [2.24, 2.45) is 14.1 Å². The van der Waals surface area contributed by atoms with Crippen LogP contribution < -0.4 is 10.6 Å². The molecule has 6 aromatic heterocycles. The molecule has 0 atom stereocenters. The second kappa shape index (κ2) is 14.6. The van der Waals surface area contributed by atoms with Crippen LogP contribution in [0.4, 0.5) is 38.0 Å². The normalized spacial score (nSPS) is 11.9. The molecule has 8 aromatic rings. The van der Waals surface area contributed by atoms with Crippen LogP contribution in [0, 0.1) is 6.92 Å². The Balaban J connectivity index is 0.000000174. The molecule has 6 heterocycles. The molecular formula is C36H32F6N14O. The highest BCUT2D eigenvalue weighted by atomic mass is 19.4. The highest BCUT2D eigenvalue weighted by Crippen LogP contribution is 2.39. The summed E-state index contributed by atoms with van der Waals surface area (Å²) in [5.74, 6) is 2.04. The first kappa shape index (κ1) is 38.4. The smallest absolute Gasteiger partial charge is 0.388 e. The third kappa shape index (κ3) is 6.96. The summed E-state index contributed by atoms with van der Waals surface area (Å²) in [6, 6.07) is 9.83. The molecule has 0 aliphatic heterocycles. The quantitative estimate of drug-likeness (QED) is 0.155. The van der Waals surface area contributed by atoms with Gasteiger partial charge in [-0.1, -0.05) is 24.3 Å². The maximum atomic E-state index is 12.9. The van der Waals surface area contributed by atoms with Gasteiger partial charge in [-0.3, -0.25) is 9.36 Å². The molecule has 294 valence electrons. The van der Waals surface area contributed by atoms with Crippen LogP contribution in [0.15, 0.2) is 73.6 Å². The number of anilines is 2. The van der Waals surface area contributed by atoms with E-state index in [-0.39, 0.29) is 6.61 Å². The van der Waals surface area contributed by atoms with Gasteiger partial charge in [-0.25, -0.2) is 29.0 Å². The average molecular weight is 791 g/mol. The summed E-state index contributed by atoms with van der Waals surface area (Å²) in [4.78, 5) is 17.5. The first-order valence-electron chi connectivity index (χ1n) is 17.0. The van der Waals surface area contributed by atoms with Gasteiger partial charge in [0.05, 0.1) is 34.9 Å². The van der Waals surface area contributed by atoms with Gasteiger partial charge >= 0.3 is 12.4 Å². The average Bonchev–Trinajstić information content (AvgIpc) is 3.97. The predicted octanol–water partition coefficient (Wildman–Crippen LogP) is 6.31. The Bertz CT molecular complexity index is 2710. The summed E-state index contributed by atoms with van der Waals surface area (Å²) in [7, 11) is 6.86. The second-order valence-electron chi connectivity index (χ2n) is 12.5. The van der Waals surface area contributed by atoms with E-state index in [1.54, 1.807) is 54.5 Å². The third-order valence-corrected chi connectivity index (χ3v) is 9.07. The number of hydrogen-bond acceptors (Lipinski definition) is 11. The van der Waals surface area contributed by atoms with Crippen molar-refractivity contribution in [1.29, 1.82) is 0 Å². The fraction of sp³-hybridized carbons (Fsp3) is 0.222. The topological polar surface area (TPSA) is 166 Å². The van der Waals surface area contributed by atoms with E-state index < -0.39 is 23.5 Å². The number of nitrogens with zero attached hydrogens (tertiary/aromatic N) is 12. The number of aryl methyl sites for hydroxylation is 3. The number of aliphatic hydroxyl groups excluding tert-OH is 1. The minimum absolute atomic E-state index is 0.302. The van der Waals surface area contributed by atoms with E-state index in [2.05, 4.69) is 51.0 Å². The number of benzene rings is 2. The second-order valence-corrected chi connectivity index (χ2v) is 12.5. The van der Waals surface area contributed by atoms with Gasteiger partial charge in [-0.2, -0.15) is 46.7 Å². The van der Waals surface area contributed by atoms with E-state index in [0.29, 0.717) is 79.3 Å². The van der Waals surface area contributed by atoms with Gasteiger partial charge in [0.1, 0.15) is 47.5 Å². The first-order valence-corrected chi connectivity index (χ1v) is 17.0. The molecule has 0 aliphatic carbocycles. The molecular weight excluding hydrogens is 758 g/mol. The van der Waals surface area contributed by atoms with Crippen molar-refractivity contribution in [2.75, 3.05) is 24.7 Å². The van der Waals surface area contributed by atoms with Crippen LogP contribution in [0.2, 0.25) is 0 Å². The van der Waals surface area contributed by atoms with E-state index in [4.69, 9.17) is 0 Å². The molecule has 21 heteroatoms. The van der Waals surface area contributed by atoms with E-state index >= 15 is 0 Å². The Labute approximate surface area is 318 Å². The van der Waals surface area contributed by atoms with Crippen LogP contribution in [-0.2, 0) is 33.1 Å². The molecule has 3 N–H and O–H groups in total. The zero-order chi connectivity index (χ0) is 40.8. The standard InChI is InChI=1S/C18H16F3N7O.C18H16F3N7/c1-22-17-16-14(26-13(8-29)28(16)25-9-23-17)12-7-24-27(2)15(12)10-3-5-11(6-4-10)18(19,20)21;1-10-26-14(16-17(22-2)23-9-25-28(10)16)13-8-24-27(3)15(13)11-4-6-12(7-5-11)18(19,20)21/h3-7,9,29H,8H2,1-2H3,(H,22,23,25);4-9H,1-3H3,(H,22,23,25).